The second-order valence-corrected chi connectivity index (χ2v) is 8.79. The van der Waals surface area contributed by atoms with Crippen LogP contribution >= 0.6 is 0 Å². The van der Waals surface area contributed by atoms with E-state index in [4.69, 9.17) is 14.5 Å². The van der Waals surface area contributed by atoms with Gasteiger partial charge in [-0.25, -0.2) is 4.98 Å². The number of carbonyl (C=O) groups excluding carboxylic acids is 1. The van der Waals surface area contributed by atoms with Crippen molar-refractivity contribution < 1.29 is 14.3 Å². The molecule has 1 aliphatic rings. The van der Waals surface area contributed by atoms with Crippen molar-refractivity contribution in [1.82, 2.24) is 14.9 Å². The van der Waals surface area contributed by atoms with Gasteiger partial charge in [-0.1, -0.05) is 36.2 Å². The van der Waals surface area contributed by atoms with Crippen molar-refractivity contribution in [2.45, 2.75) is 64.5 Å². The number of nitrogens with zero attached hydrogens (tertiary/aromatic N) is 2. The molecule has 176 valence electrons. The van der Waals surface area contributed by atoms with E-state index in [1.807, 2.05) is 18.2 Å². The molecule has 6 nitrogen and oxygen atoms in total. The van der Waals surface area contributed by atoms with Crippen LogP contribution in [-0.4, -0.2) is 41.3 Å². The SMILES string of the molecule is Cc1ccc(OCCCn2c(CCCCCNC(=O)C3CCCO3)nc3ccccc32)cc1. The number of carbonyl (C=O) groups is 1. The summed E-state index contributed by atoms with van der Waals surface area (Å²) in [7, 11) is 0. The zero-order valence-corrected chi connectivity index (χ0v) is 19.6. The number of rotatable bonds is 12. The smallest absolute Gasteiger partial charge is 0.249 e. The lowest BCUT2D eigenvalue weighted by Crippen LogP contribution is -2.34. The molecule has 0 spiro atoms. The Hall–Kier alpha value is -2.86. The van der Waals surface area contributed by atoms with E-state index in [-0.39, 0.29) is 12.0 Å². The van der Waals surface area contributed by atoms with Crippen LogP contribution in [0.15, 0.2) is 48.5 Å². The summed E-state index contributed by atoms with van der Waals surface area (Å²) >= 11 is 0. The molecule has 0 bridgehead atoms. The quantitative estimate of drug-likeness (QED) is 0.403. The van der Waals surface area contributed by atoms with Crippen molar-refractivity contribution in [2.75, 3.05) is 19.8 Å². The van der Waals surface area contributed by atoms with Crippen molar-refractivity contribution in [3.8, 4) is 5.75 Å². The maximum Gasteiger partial charge on any atom is 0.249 e. The highest BCUT2D eigenvalue weighted by Crippen LogP contribution is 2.19. The molecule has 0 saturated carbocycles. The lowest BCUT2D eigenvalue weighted by Gasteiger charge is -2.11. The minimum Gasteiger partial charge on any atom is -0.494 e. The number of imidazole rings is 1. The van der Waals surface area contributed by atoms with Gasteiger partial charge >= 0.3 is 0 Å². The number of para-hydroxylation sites is 2. The Kier molecular flexibility index (Phi) is 8.36. The number of aryl methyl sites for hydroxylation is 3. The van der Waals surface area contributed by atoms with E-state index >= 15 is 0 Å². The Morgan fingerprint density at radius 2 is 1.97 bits per heavy atom. The third-order valence-corrected chi connectivity index (χ3v) is 6.15. The number of hydrogen-bond acceptors (Lipinski definition) is 4. The van der Waals surface area contributed by atoms with E-state index in [0.29, 0.717) is 19.8 Å². The minimum atomic E-state index is -0.236. The zero-order valence-electron chi connectivity index (χ0n) is 19.6. The highest BCUT2D eigenvalue weighted by Gasteiger charge is 2.22. The van der Waals surface area contributed by atoms with Gasteiger partial charge in [0.2, 0.25) is 5.91 Å². The van der Waals surface area contributed by atoms with Crippen molar-refractivity contribution in [1.29, 1.82) is 0 Å². The fourth-order valence-corrected chi connectivity index (χ4v) is 4.31. The average molecular weight is 450 g/mol. The summed E-state index contributed by atoms with van der Waals surface area (Å²) in [6, 6.07) is 16.5. The van der Waals surface area contributed by atoms with E-state index in [1.165, 1.54) is 11.1 Å². The number of ether oxygens (including phenoxy) is 2. The normalized spacial score (nSPS) is 15.7. The molecule has 6 heteroatoms. The largest absolute Gasteiger partial charge is 0.494 e. The van der Waals surface area contributed by atoms with Gasteiger partial charge in [0.25, 0.3) is 0 Å². The van der Waals surface area contributed by atoms with E-state index in [9.17, 15) is 4.79 Å². The molecule has 3 aromatic rings. The van der Waals surface area contributed by atoms with E-state index < -0.39 is 0 Å². The van der Waals surface area contributed by atoms with Crippen LogP contribution in [0.1, 0.15) is 49.9 Å². The molecule has 1 fully saturated rings. The minimum absolute atomic E-state index is 0.0437. The molecule has 0 radical (unpaired) electrons. The summed E-state index contributed by atoms with van der Waals surface area (Å²) in [4.78, 5) is 16.9. The first kappa shape index (κ1) is 23.3. The number of benzene rings is 2. The maximum absolute atomic E-state index is 12.0. The van der Waals surface area contributed by atoms with Crippen LogP contribution in [-0.2, 0) is 22.5 Å². The van der Waals surface area contributed by atoms with Crippen LogP contribution in [0.2, 0.25) is 0 Å². The third-order valence-electron chi connectivity index (χ3n) is 6.15. The van der Waals surface area contributed by atoms with Crippen molar-refractivity contribution >= 4 is 16.9 Å². The number of hydrogen-bond donors (Lipinski definition) is 1. The average Bonchev–Trinajstić information content (AvgIpc) is 3.49. The molecule has 1 N–H and O–H groups in total. The predicted molar refractivity (Wildman–Crippen MR) is 131 cm³/mol. The van der Waals surface area contributed by atoms with Crippen LogP contribution in [0.25, 0.3) is 11.0 Å². The molecule has 0 aliphatic carbocycles. The molecule has 1 aliphatic heterocycles. The van der Waals surface area contributed by atoms with Crippen LogP contribution in [0.4, 0.5) is 0 Å². The first-order valence-corrected chi connectivity index (χ1v) is 12.2. The Balaban J connectivity index is 1.23. The summed E-state index contributed by atoms with van der Waals surface area (Å²) in [5.74, 6) is 2.10. The monoisotopic (exact) mass is 449 g/mol. The van der Waals surface area contributed by atoms with E-state index in [1.54, 1.807) is 0 Å². The van der Waals surface area contributed by atoms with Crippen molar-refractivity contribution in [2.24, 2.45) is 0 Å². The van der Waals surface area contributed by atoms with Crippen LogP contribution < -0.4 is 10.1 Å². The lowest BCUT2D eigenvalue weighted by molar-refractivity contribution is -0.130. The molecule has 33 heavy (non-hydrogen) atoms. The molecule has 1 unspecified atom stereocenters. The van der Waals surface area contributed by atoms with Gasteiger partial charge in [0.1, 0.15) is 17.7 Å². The highest BCUT2D eigenvalue weighted by molar-refractivity contribution is 5.80. The number of unbranched alkanes of at least 4 members (excludes halogenated alkanes) is 2. The molecule has 1 saturated heterocycles. The first-order valence-electron chi connectivity index (χ1n) is 12.2. The number of amides is 1. The van der Waals surface area contributed by atoms with Crippen LogP contribution in [0.5, 0.6) is 5.75 Å². The van der Waals surface area contributed by atoms with Gasteiger partial charge in [-0.3, -0.25) is 4.79 Å². The fourth-order valence-electron chi connectivity index (χ4n) is 4.31. The molecule has 1 atom stereocenters. The second-order valence-electron chi connectivity index (χ2n) is 8.79. The third kappa shape index (κ3) is 6.57. The molecule has 2 aromatic carbocycles. The molecule has 4 rings (SSSR count). The molecule has 2 heterocycles. The molecular weight excluding hydrogens is 414 g/mol. The topological polar surface area (TPSA) is 65.4 Å². The van der Waals surface area contributed by atoms with E-state index in [0.717, 1.165) is 68.6 Å². The number of aromatic nitrogens is 2. The van der Waals surface area contributed by atoms with Crippen LogP contribution in [0, 0.1) is 6.92 Å². The van der Waals surface area contributed by atoms with Crippen molar-refractivity contribution in [3.05, 3.63) is 59.9 Å². The number of nitrogens with one attached hydrogen (secondary N) is 1. The summed E-state index contributed by atoms with van der Waals surface area (Å²) in [5, 5.41) is 3.01. The summed E-state index contributed by atoms with van der Waals surface area (Å²) in [6.07, 6.45) is 6.55. The fraction of sp³-hybridized carbons (Fsp3) is 0.481. The number of fused-ring (bicyclic) bond motifs is 1. The van der Waals surface area contributed by atoms with Gasteiger partial charge in [0, 0.05) is 26.1 Å². The molecular formula is C27H35N3O3. The Labute approximate surface area is 196 Å². The Bertz CT molecular complexity index is 1020. The van der Waals surface area contributed by atoms with Gasteiger partial charge in [-0.15, -0.1) is 0 Å². The van der Waals surface area contributed by atoms with Gasteiger partial charge in [-0.2, -0.15) is 0 Å². The summed E-state index contributed by atoms with van der Waals surface area (Å²) < 4.78 is 13.7. The molecule has 1 aromatic heterocycles. The predicted octanol–water partition coefficient (Wildman–Crippen LogP) is 4.82. The molecule has 1 amide bonds. The maximum atomic E-state index is 12.0. The van der Waals surface area contributed by atoms with Gasteiger partial charge in [-0.05, 0) is 63.3 Å². The van der Waals surface area contributed by atoms with Crippen LogP contribution in [0.3, 0.4) is 0 Å². The Morgan fingerprint density at radius 1 is 1.12 bits per heavy atom. The van der Waals surface area contributed by atoms with Gasteiger partial charge in [0.15, 0.2) is 0 Å². The van der Waals surface area contributed by atoms with E-state index in [2.05, 4.69) is 47.1 Å². The lowest BCUT2D eigenvalue weighted by atomic mass is 10.1. The van der Waals surface area contributed by atoms with Crippen molar-refractivity contribution in [3.63, 3.8) is 0 Å². The van der Waals surface area contributed by atoms with Gasteiger partial charge in [0.05, 0.1) is 17.6 Å². The second kappa shape index (κ2) is 11.8. The Morgan fingerprint density at radius 3 is 2.79 bits per heavy atom. The highest BCUT2D eigenvalue weighted by atomic mass is 16.5. The standard InChI is InChI=1S/C27H35N3O3/c1-21-13-15-22(16-14-21)32-20-8-18-30-24-10-5-4-9-23(24)29-26(30)12-3-2-6-17-28-27(31)25-11-7-19-33-25/h4-5,9-10,13-16,25H,2-3,6-8,11-12,17-20H2,1H3,(H,28,31). The summed E-state index contributed by atoms with van der Waals surface area (Å²) in [6.45, 7) is 5.07. The summed E-state index contributed by atoms with van der Waals surface area (Å²) in [5.41, 5.74) is 3.48. The van der Waals surface area contributed by atoms with Gasteiger partial charge < -0.3 is 19.4 Å². The first-order chi connectivity index (χ1) is 16.2. The zero-order chi connectivity index (χ0) is 22.9.